The first-order valence-corrected chi connectivity index (χ1v) is 8.69. The summed E-state index contributed by atoms with van der Waals surface area (Å²) in [5.41, 5.74) is 0.476. The standard InChI is InChI=1S/C18H38N2/c1-14(2)19-13-15(3)16(4)20-11-8-9-17(10-12-20)18(5,6)7/h14-17,19H,8-13H2,1-7H3. The average Bonchev–Trinajstić information content (AvgIpc) is 2.60. The van der Waals surface area contributed by atoms with E-state index in [2.05, 4.69) is 58.7 Å². The summed E-state index contributed by atoms with van der Waals surface area (Å²) in [4.78, 5) is 2.73. The third kappa shape index (κ3) is 5.73. The third-order valence-corrected chi connectivity index (χ3v) is 5.23. The van der Waals surface area contributed by atoms with E-state index in [1.54, 1.807) is 0 Å². The number of nitrogens with zero attached hydrogens (tertiary/aromatic N) is 1. The predicted octanol–water partition coefficient (Wildman–Crippen LogP) is 4.16. The van der Waals surface area contributed by atoms with Crippen LogP contribution in [0.25, 0.3) is 0 Å². The molecule has 0 bridgehead atoms. The number of hydrogen-bond donors (Lipinski definition) is 1. The van der Waals surface area contributed by atoms with Crippen LogP contribution >= 0.6 is 0 Å². The molecule has 0 aromatic carbocycles. The van der Waals surface area contributed by atoms with Crippen molar-refractivity contribution in [3.05, 3.63) is 0 Å². The summed E-state index contributed by atoms with van der Waals surface area (Å²) >= 11 is 0. The maximum absolute atomic E-state index is 3.59. The average molecular weight is 283 g/mol. The van der Waals surface area contributed by atoms with Crippen molar-refractivity contribution in [3.8, 4) is 0 Å². The fourth-order valence-corrected chi connectivity index (χ4v) is 3.34. The van der Waals surface area contributed by atoms with Gasteiger partial charge in [-0.15, -0.1) is 0 Å². The van der Waals surface area contributed by atoms with Gasteiger partial charge in [-0.05, 0) is 63.1 Å². The van der Waals surface area contributed by atoms with Gasteiger partial charge >= 0.3 is 0 Å². The van der Waals surface area contributed by atoms with E-state index in [1.807, 2.05) is 0 Å². The number of rotatable bonds is 5. The van der Waals surface area contributed by atoms with Crippen molar-refractivity contribution < 1.29 is 0 Å². The maximum atomic E-state index is 3.59. The molecule has 3 unspecified atom stereocenters. The Balaban J connectivity index is 2.47. The summed E-state index contributed by atoms with van der Waals surface area (Å²) in [5, 5.41) is 3.59. The first-order valence-electron chi connectivity index (χ1n) is 8.69. The van der Waals surface area contributed by atoms with Crippen LogP contribution in [-0.2, 0) is 0 Å². The molecule has 2 heteroatoms. The van der Waals surface area contributed by atoms with Crippen molar-refractivity contribution in [2.45, 2.75) is 79.8 Å². The number of nitrogens with one attached hydrogen (secondary N) is 1. The maximum Gasteiger partial charge on any atom is 0.0105 e. The Kier molecular flexibility index (Phi) is 7.00. The first kappa shape index (κ1) is 18.0. The van der Waals surface area contributed by atoms with Gasteiger partial charge in [0.1, 0.15) is 0 Å². The molecule has 0 spiro atoms. The highest BCUT2D eigenvalue weighted by atomic mass is 15.2. The molecule has 1 rings (SSSR count). The fourth-order valence-electron chi connectivity index (χ4n) is 3.34. The molecule has 2 nitrogen and oxygen atoms in total. The van der Waals surface area contributed by atoms with Gasteiger partial charge in [0.25, 0.3) is 0 Å². The largest absolute Gasteiger partial charge is 0.314 e. The van der Waals surface area contributed by atoms with Crippen LogP contribution in [0.15, 0.2) is 0 Å². The Morgan fingerprint density at radius 3 is 2.25 bits per heavy atom. The van der Waals surface area contributed by atoms with E-state index in [9.17, 15) is 0 Å². The lowest BCUT2D eigenvalue weighted by atomic mass is 9.77. The summed E-state index contributed by atoms with van der Waals surface area (Å²) in [6, 6.07) is 1.29. The lowest BCUT2D eigenvalue weighted by Gasteiger charge is -2.34. The highest BCUT2D eigenvalue weighted by molar-refractivity contribution is 4.82. The zero-order valence-corrected chi connectivity index (χ0v) is 15.0. The van der Waals surface area contributed by atoms with E-state index in [4.69, 9.17) is 0 Å². The van der Waals surface area contributed by atoms with E-state index in [0.29, 0.717) is 17.5 Å². The quantitative estimate of drug-likeness (QED) is 0.814. The molecule has 0 aromatic heterocycles. The third-order valence-electron chi connectivity index (χ3n) is 5.23. The Labute approximate surface area is 127 Å². The minimum Gasteiger partial charge on any atom is -0.314 e. The lowest BCUT2D eigenvalue weighted by Crippen LogP contribution is -2.43. The van der Waals surface area contributed by atoms with Gasteiger partial charge in [0, 0.05) is 12.1 Å². The highest BCUT2D eigenvalue weighted by Crippen LogP contribution is 2.34. The first-order chi connectivity index (χ1) is 9.21. The zero-order valence-electron chi connectivity index (χ0n) is 15.0. The minimum absolute atomic E-state index is 0.476. The second-order valence-electron chi connectivity index (χ2n) is 8.31. The van der Waals surface area contributed by atoms with Crippen LogP contribution in [0.3, 0.4) is 0 Å². The molecule has 0 saturated carbocycles. The van der Waals surface area contributed by atoms with E-state index >= 15 is 0 Å². The van der Waals surface area contributed by atoms with E-state index < -0.39 is 0 Å². The SMILES string of the molecule is CC(C)NCC(C)C(C)N1CCCC(C(C)(C)C)CC1. The van der Waals surface area contributed by atoms with Gasteiger partial charge in [0.15, 0.2) is 0 Å². The van der Waals surface area contributed by atoms with Crippen molar-refractivity contribution in [2.24, 2.45) is 17.3 Å². The lowest BCUT2D eigenvalue weighted by molar-refractivity contribution is 0.153. The molecule has 0 amide bonds. The molecule has 1 saturated heterocycles. The Hall–Kier alpha value is -0.0800. The molecule has 20 heavy (non-hydrogen) atoms. The minimum atomic E-state index is 0.476. The van der Waals surface area contributed by atoms with Gasteiger partial charge in [-0.2, -0.15) is 0 Å². The second-order valence-corrected chi connectivity index (χ2v) is 8.31. The Bertz CT molecular complexity index is 267. The molecular formula is C18H38N2. The highest BCUT2D eigenvalue weighted by Gasteiger charge is 2.29. The van der Waals surface area contributed by atoms with Crippen LogP contribution in [-0.4, -0.2) is 36.6 Å². The summed E-state index contributed by atoms with van der Waals surface area (Å²) in [6.45, 7) is 20.2. The van der Waals surface area contributed by atoms with E-state index in [-0.39, 0.29) is 0 Å². The smallest absolute Gasteiger partial charge is 0.0105 e. The van der Waals surface area contributed by atoms with Crippen molar-refractivity contribution in [1.82, 2.24) is 10.2 Å². The Morgan fingerprint density at radius 2 is 1.70 bits per heavy atom. The molecule has 1 aliphatic heterocycles. The van der Waals surface area contributed by atoms with Gasteiger partial charge in [-0.3, -0.25) is 0 Å². The molecule has 0 radical (unpaired) electrons. The molecule has 0 aliphatic carbocycles. The van der Waals surface area contributed by atoms with E-state index in [1.165, 1.54) is 32.4 Å². The van der Waals surface area contributed by atoms with Gasteiger partial charge in [0.2, 0.25) is 0 Å². The van der Waals surface area contributed by atoms with E-state index in [0.717, 1.165) is 18.4 Å². The van der Waals surface area contributed by atoms with Crippen LogP contribution in [0.1, 0.15) is 67.7 Å². The topological polar surface area (TPSA) is 15.3 Å². The van der Waals surface area contributed by atoms with Crippen molar-refractivity contribution >= 4 is 0 Å². The zero-order chi connectivity index (χ0) is 15.3. The van der Waals surface area contributed by atoms with Gasteiger partial charge < -0.3 is 10.2 Å². The Morgan fingerprint density at radius 1 is 1.05 bits per heavy atom. The molecule has 0 aromatic rings. The molecule has 3 atom stereocenters. The summed E-state index contributed by atoms with van der Waals surface area (Å²) in [5.74, 6) is 1.62. The van der Waals surface area contributed by atoms with Crippen molar-refractivity contribution in [1.29, 1.82) is 0 Å². The van der Waals surface area contributed by atoms with Gasteiger partial charge in [-0.25, -0.2) is 0 Å². The molecule has 1 N–H and O–H groups in total. The summed E-state index contributed by atoms with van der Waals surface area (Å²) in [6.07, 6.45) is 4.15. The monoisotopic (exact) mass is 282 g/mol. The van der Waals surface area contributed by atoms with Gasteiger partial charge in [0.05, 0.1) is 0 Å². The molecule has 1 aliphatic rings. The number of likely N-dealkylation sites (tertiary alicyclic amines) is 1. The normalized spacial score (nSPS) is 25.5. The fraction of sp³-hybridized carbons (Fsp3) is 1.00. The molecule has 120 valence electrons. The van der Waals surface area contributed by atoms with Crippen LogP contribution in [0.4, 0.5) is 0 Å². The van der Waals surface area contributed by atoms with Crippen LogP contribution in [0, 0.1) is 17.3 Å². The predicted molar refractivity (Wildman–Crippen MR) is 90.1 cm³/mol. The van der Waals surface area contributed by atoms with Gasteiger partial charge in [-0.1, -0.05) is 41.5 Å². The molecule has 1 heterocycles. The second kappa shape index (κ2) is 7.79. The van der Waals surface area contributed by atoms with Crippen molar-refractivity contribution in [3.63, 3.8) is 0 Å². The van der Waals surface area contributed by atoms with Crippen LogP contribution in [0.5, 0.6) is 0 Å². The van der Waals surface area contributed by atoms with Crippen LogP contribution in [0.2, 0.25) is 0 Å². The summed E-state index contributed by atoms with van der Waals surface area (Å²) < 4.78 is 0. The number of hydrogen-bond acceptors (Lipinski definition) is 2. The van der Waals surface area contributed by atoms with Crippen LogP contribution < -0.4 is 5.32 Å². The molecule has 1 fully saturated rings. The van der Waals surface area contributed by atoms with Crippen molar-refractivity contribution in [2.75, 3.05) is 19.6 Å². The molecular weight excluding hydrogens is 244 g/mol. The summed E-state index contributed by atoms with van der Waals surface area (Å²) in [7, 11) is 0.